The molecule has 0 unspecified atom stereocenters. The Morgan fingerprint density at radius 2 is 2.08 bits per heavy atom. The minimum absolute atomic E-state index is 0.0106. The highest BCUT2D eigenvalue weighted by Crippen LogP contribution is 2.37. The van der Waals surface area contributed by atoms with Crippen LogP contribution < -0.4 is 10.3 Å². The second kappa shape index (κ2) is 6.51. The molecule has 1 amide bonds. The molecule has 1 aromatic heterocycles. The number of carbonyl (C=O) groups excluding carboxylic acids is 1. The third-order valence-electron chi connectivity index (χ3n) is 4.52. The molecule has 1 aromatic carbocycles. The number of benzene rings is 1. The molecule has 1 aliphatic heterocycles. The first kappa shape index (κ1) is 16.9. The maximum atomic E-state index is 11.9. The summed E-state index contributed by atoms with van der Waals surface area (Å²) in [6.45, 7) is 6.52. The van der Waals surface area contributed by atoms with Gasteiger partial charge in [0.25, 0.3) is 5.91 Å². The molecule has 0 aliphatic carbocycles. The van der Waals surface area contributed by atoms with Gasteiger partial charge in [-0.3, -0.25) is 9.78 Å². The van der Waals surface area contributed by atoms with Crippen LogP contribution in [0.5, 0.6) is 0 Å². The average Bonchev–Trinajstić information content (AvgIpc) is 2.60. The van der Waals surface area contributed by atoms with Crippen LogP contribution in [-0.4, -0.2) is 29.7 Å². The number of likely N-dealkylation sites (N-methyl/N-ethyl adjacent to an activating group) is 1. The lowest BCUT2D eigenvalue weighted by Crippen LogP contribution is -2.42. The number of anilines is 1. The molecule has 0 atom stereocenters. The Morgan fingerprint density at radius 3 is 2.80 bits per heavy atom. The Morgan fingerprint density at radius 1 is 1.28 bits per heavy atom. The van der Waals surface area contributed by atoms with Gasteiger partial charge in [0.15, 0.2) is 0 Å². The van der Waals surface area contributed by atoms with E-state index in [1.54, 1.807) is 30.6 Å². The van der Waals surface area contributed by atoms with Crippen molar-refractivity contribution in [3.05, 3.63) is 65.5 Å². The van der Waals surface area contributed by atoms with Crippen molar-refractivity contribution in [3.63, 3.8) is 0 Å². The molecule has 1 N–H and O–H groups in total. The molecule has 0 fully saturated rings. The van der Waals surface area contributed by atoms with E-state index in [0.717, 1.165) is 5.56 Å². The summed E-state index contributed by atoms with van der Waals surface area (Å²) in [6.07, 6.45) is 5.49. The number of aromatic nitrogens is 1. The molecule has 0 radical (unpaired) electrons. The van der Waals surface area contributed by atoms with Crippen LogP contribution in [0.1, 0.15) is 42.4 Å². The van der Waals surface area contributed by atoms with Crippen molar-refractivity contribution >= 4 is 23.4 Å². The van der Waals surface area contributed by atoms with Crippen LogP contribution in [0.4, 0.5) is 5.69 Å². The fourth-order valence-corrected chi connectivity index (χ4v) is 2.98. The number of hydrazone groups is 1. The first-order chi connectivity index (χ1) is 11.9. The molecule has 128 valence electrons. The number of nitrogens with one attached hydrogen (secondary N) is 1. The summed E-state index contributed by atoms with van der Waals surface area (Å²) >= 11 is 0. The standard InChI is InChI=1S/C20H22N4O/c1-14-12-20(2,3)24(4)18-9-8-15(11-16(14)18)13-22-23-19(25)17-7-5-6-10-21-17/h5-13H,1-4H3,(H,23,25)/b22-13-. The largest absolute Gasteiger partial charge is 0.366 e. The van der Waals surface area contributed by atoms with Gasteiger partial charge in [0.2, 0.25) is 0 Å². The Kier molecular flexibility index (Phi) is 4.40. The van der Waals surface area contributed by atoms with Crippen LogP contribution in [-0.2, 0) is 0 Å². The fraction of sp³-hybridized carbons (Fsp3) is 0.250. The summed E-state index contributed by atoms with van der Waals surface area (Å²) in [4.78, 5) is 18.2. The number of rotatable bonds is 3. The van der Waals surface area contributed by atoms with Crippen molar-refractivity contribution in [1.29, 1.82) is 0 Å². The summed E-state index contributed by atoms with van der Waals surface area (Å²) in [5.41, 5.74) is 7.38. The quantitative estimate of drug-likeness (QED) is 0.690. The van der Waals surface area contributed by atoms with Crippen LogP contribution in [0.3, 0.4) is 0 Å². The van der Waals surface area contributed by atoms with Crippen LogP contribution in [0.25, 0.3) is 5.57 Å². The zero-order chi connectivity index (χ0) is 18.0. The molecule has 0 bridgehead atoms. The smallest absolute Gasteiger partial charge is 0.289 e. The van der Waals surface area contributed by atoms with E-state index in [1.807, 2.05) is 6.07 Å². The lowest BCUT2D eigenvalue weighted by Gasteiger charge is -2.40. The predicted molar refractivity (Wildman–Crippen MR) is 102 cm³/mol. The van der Waals surface area contributed by atoms with Crippen LogP contribution in [0.15, 0.2) is 53.8 Å². The summed E-state index contributed by atoms with van der Waals surface area (Å²) in [6, 6.07) is 11.4. The van der Waals surface area contributed by atoms with Gasteiger partial charge in [-0.1, -0.05) is 18.2 Å². The molecule has 0 saturated heterocycles. The van der Waals surface area contributed by atoms with Crippen molar-refractivity contribution in [2.45, 2.75) is 26.3 Å². The maximum Gasteiger partial charge on any atom is 0.289 e. The predicted octanol–water partition coefficient (Wildman–Crippen LogP) is 3.48. The van der Waals surface area contributed by atoms with Gasteiger partial charge in [-0.25, -0.2) is 5.43 Å². The maximum absolute atomic E-state index is 11.9. The average molecular weight is 334 g/mol. The zero-order valence-corrected chi connectivity index (χ0v) is 14.9. The second-order valence-electron chi connectivity index (χ2n) is 6.73. The van der Waals surface area contributed by atoms with Crippen LogP contribution >= 0.6 is 0 Å². The number of fused-ring (bicyclic) bond motifs is 1. The summed E-state index contributed by atoms with van der Waals surface area (Å²) in [5.74, 6) is -0.327. The second-order valence-corrected chi connectivity index (χ2v) is 6.73. The van der Waals surface area contributed by atoms with Gasteiger partial charge < -0.3 is 4.90 Å². The monoisotopic (exact) mass is 334 g/mol. The molecule has 3 rings (SSSR count). The molecule has 1 aliphatic rings. The van der Waals surface area contributed by atoms with Gasteiger partial charge in [0.1, 0.15) is 5.69 Å². The minimum Gasteiger partial charge on any atom is -0.366 e. The van der Waals surface area contributed by atoms with Crippen molar-refractivity contribution in [3.8, 4) is 0 Å². The van der Waals surface area contributed by atoms with E-state index < -0.39 is 0 Å². The molecule has 5 heteroatoms. The molecular weight excluding hydrogens is 312 g/mol. The number of amides is 1. The van der Waals surface area contributed by atoms with Gasteiger partial charge in [-0.15, -0.1) is 0 Å². The Balaban J connectivity index is 1.77. The van der Waals surface area contributed by atoms with Gasteiger partial charge >= 0.3 is 0 Å². The Hall–Kier alpha value is -2.95. The number of pyridine rings is 1. The van der Waals surface area contributed by atoms with E-state index >= 15 is 0 Å². The van der Waals surface area contributed by atoms with E-state index in [-0.39, 0.29) is 11.4 Å². The summed E-state index contributed by atoms with van der Waals surface area (Å²) in [5, 5.41) is 4.04. The SMILES string of the molecule is CC1=CC(C)(C)N(C)c2ccc(/C=N\NC(=O)c3ccccn3)cc21. The number of hydrogen-bond donors (Lipinski definition) is 1. The first-order valence-corrected chi connectivity index (χ1v) is 8.20. The molecule has 5 nitrogen and oxygen atoms in total. The summed E-state index contributed by atoms with van der Waals surface area (Å²) < 4.78 is 0. The first-order valence-electron chi connectivity index (χ1n) is 8.20. The van der Waals surface area contributed by atoms with Crippen molar-refractivity contribution in [1.82, 2.24) is 10.4 Å². The van der Waals surface area contributed by atoms with E-state index in [2.05, 4.69) is 66.4 Å². The third-order valence-corrected chi connectivity index (χ3v) is 4.52. The van der Waals surface area contributed by atoms with Crippen molar-refractivity contribution in [2.24, 2.45) is 5.10 Å². The number of allylic oxidation sites excluding steroid dienone is 1. The molecular formula is C20H22N4O. The summed E-state index contributed by atoms with van der Waals surface area (Å²) in [7, 11) is 2.10. The van der Waals surface area contributed by atoms with Crippen LogP contribution in [0.2, 0.25) is 0 Å². The van der Waals surface area contributed by atoms with E-state index in [0.29, 0.717) is 5.69 Å². The topological polar surface area (TPSA) is 57.6 Å². The normalized spacial score (nSPS) is 15.7. The Labute approximate surface area is 148 Å². The van der Waals surface area contributed by atoms with E-state index in [4.69, 9.17) is 0 Å². The van der Waals surface area contributed by atoms with Gasteiger partial charge in [-0.2, -0.15) is 5.10 Å². The lowest BCUT2D eigenvalue weighted by atomic mass is 9.89. The molecule has 25 heavy (non-hydrogen) atoms. The van der Waals surface area contributed by atoms with Gasteiger partial charge in [0, 0.05) is 24.5 Å². The lowest BCUT2D eigenvalue weighted by molar-refractivity contribution is 0.0950. The highest BCUT2D eigenvalue weighted by molar-refractivity contribution is 5.93. The zero-order valence-electron chi connectivity index (χ0n) is 14.9. The third kappa shape index (κ3) is 3.45. The number of nitrogens with zero attached hydrogens (tertiary/aromatic N) is 3. The highest BCUT2D eigenvalue weighted by Gasteiger charge is 2.28. The number of carbonyl (C=O) groups is 1. The fourth-order valence-electron chi connectivity index (χ4n) is 2.98. The van der Waals surface area contributed by atoms with Crippen molar-refractivity contribution < 1.29 is 4.79 Å². The number of hydrogen-bond acceptors (Lipinski definition) is 4. The van der Waals surface area contributed by atoms with E-state index in [1.165, 1.54) is 16.8 Å². The van der Waals surface area contributed by atoms with E-state index in [9.17, 15) is 4.79 Å². The molecule has 0 spiro atoms. The van der Waals surface area contributed by atoms with Gasteiger partial charge in [-0.05, 0) is 56.2 Å². The van der Waals surface area contributed by atoms with Crippen molar-refractivity contribution in [2.75, 3.05) is 11.9 Å². The van der Waals surface area contributed by atoms with Gasteiger partial charge in [0.05, 0.1) is 11.8 Å². The molecule has 2 heterocycles. The highest BCUT2D eigenvalue weighted by atomic mass is 16.2. The molecule has 0 saturated carbocycles. The minimum atomic E-state index is -0.327. The Bertz CT molecular complexity index is 853. The van der Waals surface area contributed by atoms with Crippen LogP contribution in [0, 0.1) is 0 Å². The molecule has 2 aromatic rings.